The maximum absolute atomic E-state index is 9.80. The van der Waals surface area contributed by atoms with Crippen LogP contribution >= 0.6 is 11.6 Å². The number of aliphatic hydroxyl groups is 1. The molecule has 0 unspecified atom stereocenters. The molecule has 0 spiro atoms. The quantitative estimate of drug-likeness (QED) is 0.625. The fraction of sp³-hybridized carbons (Fsp3) is 0.375. The molecule has 1 aromatic carbocycles. The summed E-state index contributed by atoms with van der Waals surface area (Å²) in [5, 5.41) is 13.1. The van der Waals surface area contributed by atoms with E-state index >= 15 is 0 Å². The second-order valence-corrected chi connectivity index (χ2v) is 6.52. The molecule has 6 nitrogen and oxygen atoms in total. The zero-order chi connectivity index (χ0) is 16.4. The van der Waals surface area contributed by atoms with Gasteiger partial charge in [0.05, 0.1) is 6.61 Å². The minimum Gasteiger partial charge on any atom is -0.396 e. The van der Waals surface area contributed by atoms with Gasteiger partial charge in [-0.3, -0.25) is 0 Å². The molecule has 1 aliphatic rings. The molecule has 122 valence electrons. The van der Waals surface area contributed by atoms with E-state index in [0.717, 1.165) is 12.8 Å². The van der Waals surface area contributed by atoms with Gasteiger partial charge in [-0.2, -0.15) is 9.97 Å². The molecule has 0 amide bonds. The molecule has 23 heavy (non-hydrogen) atoms. The van der Waals surface area contributed by atoms with Crippen LogP contribution in [0.4, 0.5) is 17.5 Å². The first kappa shape index (κ1) is 15.8. The Balaban J connectivity index is 1.66. The minimum absolute atomic E-state index is 0.0699. The first-order chi connectivity index (χ1) is 11.0. The summed E-state index contributed by atoms with van der Waals surface area (Å²) < 4.78 is 0. The highest BCUT2D eigenvalue weighted by Crippen LogP contribution is 2.50. The van der Waals surface area contributed by atoms with Crippen molar-refractivity contribution in [3.8, 4) is 0 Å². The van der Waals surface area contributed by atoms with Gasteiger partial charge in [-0.25, -0.2) is 0 Å². The van der Waals surface area contributed by atoms with Gasteiger partial charge in [-0.05, 0) is 24.3 Å². The van der Waals surface area contributed by atoms with Crippen molar-refractivity contribution in [2.75, 3.05) is 29.9 Å². The zero-order valence-corrected chi connectivity index (χ0v) is 13.4. The SMILES string of the molecule is Nc1nc(Cl)c(N)c(NCC2(CO)CC(c3ccccc3)C2)n1. The van der Waals surface area contributed by atoms with E-state index in [0.29, 0.717) is 18.3 Å². The molecule has 1 fully saturated rings. The van der Waals surface area contributed by atoms with Gasteiger partial charge in [-0.15, -0.1) is 0 Å². The Kier molecular flexibility index (Phi) is 4.28. The van der Waals surface area contributed by atoms with Crippen LogP contribution in [-0.2, 0) is 0 Å². The molecule has 7 heteroatoms. The second kappa shape index (κ2) is 6.22. The predicted molar refractivity (Wildman–Crippen MR) is 92.3 cm³/mol. The lowest BCUT2D eigenvalue weighted by Crippen LogP contribution is -2.44. The molecule has 1 aromatic heterocycles. The molecular formula is C16H20ClN5O. The van der Waals surface area contributed by atoms with E-state index in [2.05, 4.69) is 27.4 Å². The van der Waals surface area contributed by atoms with Gasteiger partial charge in [0.25, 0.3) is 0 Å². The smallest absolute Gasteiger partial charge is 0.223 e. The number of nitrogens with two attached hydrogens (primary N) is 2. The molecular weight excluding hydrogens is 314 g/mol. The largest absolute Gasteiger partial charge is 0.396 e. The molecule has 0 radical (unpaired) electrons. The van der Waals surface area contributed by atoms with Crippen LogP contribution < -0.4 is 16.8 Å². The zero-order valence-electron chi connectivity index (χ0n) is 12.7. The Bertz CT molecular complexity index is 688. The first-order valence-corrected chi connectivity index (χ1v) is 7.89. The molecule has 0 aliphatic heterocycles. The number of nitrogen functional groups attached to an aromatic ring is 2. The summed E-state index contributed by atoms with van der Waals surface area (Å²) in [5.41, 5.74) is 12.9. The monoisotopic (exact) mass is 333 g/mol. The number of hydrogen-bond donors (Lipinski definition) is 4. The van der Waals surface area contributed by atoms with Crippen molar-refractivity contribution < 1.29 is 5.11 Å². The van der Waals surface area contributed by atoms with Crippen molar-refractivity contribution in [3.63, 3.8) is 0 Å². The van der Waals surface area contributed by atoms with Crippen LogP contribution in [0.3, 0.4) is 0 Å². The van der Waals surface area contributed by atoms with E-state index in [1.54, 1.807) is 0 Å². The van der Waals surface area contributed by atoms with Crippen LogP contribution in [0.25, 0.3) is 0 Å². The molecule has 0 atom stereocenters. The normalized spacial score (nSPS) is 23.3. The highest BCUT2D eigenvalue weighted by atomic mass is 35.5. The first-order valence-electron chi connectivity index (χ1n) is 7.51. The lowest BCUT2D eigenvalue weighted by Gasteiger charge is -2.47. The van der Waals surface area contributed by atoms with Gasteiger partial charge in [0, 0.05) is 12.0 Å². The number of anilines is 3. The second-order valence-electron chi connectivity index (χ2n) is 6.16. The average Bonchev–Trinajstić information content (AvgIpc) is 2.52. The number of nitrogens with zero attached hydrogens (tertiary/aromatic N) is 2. The number of rotatable bonds is 5. The van der Waals surface area contributed by atoms with Crippen LogP contribution in [0.5, 0.6) is 0 Å². The Morgan fingerprint density at radius 3 is 2.57 bits per heavy atom. The number of nitrogens with one attached hydrogen (secondary N) is 1. The van der Waals surface area contributed by atoms with Crippen molar-refractivity contribution in [3.05, 3.63) is 41.0 Å². The lowest BCUT2D eigenvalue weighted by atomic mass is 9.60. The predicted octanol–water partition coefficient (Wildman–Crippen LogP) is 2.26. The summed E-state index contributed by atoms with van der Waals surface area (Å²) in [6, 6.07) is 10.3. The molecule has 1 heterocycles. The molecule has 3 rings (SSSR count). The van der Waals surface area contributed by atoms with E-state index in [-0.39, 0.29) is 28.8 Å². The fourth-order valence-electron chi connectivity index (χ4n) is 3.14. The van der Waals surface area contributed by atoms with Gasteiger partial charge >= 0.3 is 0 Å². The fourth-order valence-corrected chi connectivity index (χ4v) is 3.32. The molecule has 6 N–H and O–H groups in total. The maximum atomic E-state index is 9.80. The van der Waals surface area contributed by atoms with Crippen molar-refractivity contribution >= 4 is 29.1 Å². The number of benzene rings is 1. The van der Waals surface area contributed by atoms with E-state index in [9.17, 15) is 5.11 Å². The van der Waals surface area contributed by atoms with Crippen LogP contribution in [0.1, 0.15) is 24.3 Å². The average molecular weight is 334 g/mol. The van der Waals surface area contributed by atoms with Crippen molar-refractivity contribution in [2.24, 2.45) is 5.41 Å². The Labute approximate surface area is 139 Å². The highest BCUT2D eigenvalue weighted by Gasteiger charge is 2.44. The summed E-state index contributed by atoms with van der Waals surface area (Å²) in [6.45, 7) is 0.668. The van der Waals surface area contributed by atoms with E-state index in [4.69, 9.17) is 23.1 Å². The van der Waals surface area contributed by atoms with Crippen molar-refractivity contribution in [1.29, 1.82) is 0 Å². The van der Waals surface area contributed by atoms with E-state index < -0.39 is 0 Å². The molecule has 1 saturated carbocycles. The maximum Gasteiger partial charge on any atom is 0.223 e. The van der Waals surface area contributed by atoms with E-state index in [1.165, 1.54) is 5.56 Å². The summed E-state index contributed by atoms with van der Waals surface area (Å²) in [6.07, 6.45) is 1.82. The van der Waals surface area contributed by atoms with Crippen LogP contribution in [-0.4, -0.2) is 28.2 Å². The summed E-state index contributed by atoms with van der Waals surface area (Å²) in [7, 11) is 0. The number of aromatic nitrogens is 2. The Hall–Kier alpha value is -2.05. The standard InChI is InChI=1S/C16H20ClN5O/c17-13-12(18)14(22-15(19)21-13)20-8-16(9-23)6-11(7-16)10-4-2-1-3-5-10/h1-5,11,23H,6-9,18H2,(H3,19,20,21,22). The van der Waals surface area contributed by atoms with Gasteiger partial charge in [0.15, 0.2) is 11.0 Å². The van der Waals surface area contributed by atoms with Crippen LogP contribution in [0.15, 0.2) is 30.3 Å². The van der Waals surface area contributed by atoms with Gasteiger partial charge in [0.2, 0.25) is 5.95 Å². The molecule has 0 bridgehead atoms. The highest BCUT2D eigenvalue weighted by molar-refractivity contribution is 6.32. The van der Waals surface area contributed by atoms with Gasteiger partial charge < -0.3 is 21.9 Å². The minimum atomic E-state index is -0.181. The summed E-state index contributed by atoms with van der Waals surface area (Å²) in [5.74, 6) is 0.959. The lowest BCUT2D eigenvalue weighted by molar-refractivity contribution is 0.0376. The number of hydrogen-bond acceptors (Lipinski definition) is 6. The van der Waals surface area contributed by atoms with Gasteiger partial charge in [-0.1, -0.05) is 41.9 Å². The Morgan fingerprint density at radius 1 is 1.22 bits per heavy atom. The summed E-state index contributed by atoms with van der Waals surface area (Å²) >= 11 is 5.91. The Morgan fingerprint density at radius 2 is 1.91 bits per heavy atom. The third-order valence-electron chi connectivity index (χ3n) is 4.51. The topological polar surface area (TPSA) is 110 Å². The van der Waals surface area contributed by atoms with Crippen molar-refractivity contribution in [2.45, 2.75) is 18.8 Å². The summed E-state index contributed by atoms with van der Waals surface area (Å²) in [4.78, 5) is 7.87. The third-order valence-corrected chi connectivity index (χ3v) is 4.80. The van der Waals surface area contributed by atoms with Crippen molar-refractivity contribution in [1.82, 2.24) is 9.97 Å². The number of halogens is 1. The van der Waals surface area contributed by atoms with E-state index in [1.807, 2.05) is 18.2 Å². The van der Waals surface area contributed by atoms with Crippen LogP contribution in [0, 0.1) is 5.41 Å². The molecule has 1 aliphatic carbocycles. The van der Waals surface area contributed by atoms with Crippen LogP contribution in [0.2, 0.25) is 5.15 Å². The molecule has 0 saturated heterocycles. The molecule has 2 aromatic rings. The number of aliphatic hydroxyl groups excluding tert-OH is 1. The third kappa shape index (κ3) is 3.18. The van der Waals surface area contributed by atoms with Gasteiger partial charge in [0.1, 0.15) is 5.69 Å².